The highest BCUT2D eigenvalue weighted by Crippen LogP contribution is 2.40. The Morgan fingerprint density at radius 3 is 2.55 bits per heavy atom. The third-order valence-electron chi connectivity index (χ3n) is 4.61. The van der Waals surface area contributed by atoms with E-state index in [-0.39, 0.29) is 11.6 Å². The second-order valence-corrected chi connectivity index (χ2v) is 5.81. The highest BCUT2D eigenvalue weighted by Gasteiger charge is 2.44. The Balaban J connectivity index is 1.78. The van der Waals surface area contributed by atoms with E-state index in [1.807, 2.05) is 18.2 Å². The lowest BCUT2D eigenvalue weighted by Gasteiger charge is -2.25. The summed E-state index contributed by atoms with van der Waals surface area (Å²) in [6.45, 7) is 1.79. The second kappa shape index (κ2) is 4.58. The van der Waals surface area contributed by atoms with Crippen molar-refractivity contribution in [2.24, 2.45) is 5.41 Å². The Hall–Kier alpha value is -1.90. The van der Waals surface area contributed by atoms with Gasteiger partial charge in [0.15, 0.2) is 0 Å². The first kappa shape index (κ1) is 13.1. The molecule has 104 valence electrons. The van der Waals surface area contributed by atoms with Crippen LogP contribution in [0.2, 0.25) is 0 Å². The summed E-state index contributed by atoms with van der Waals surface area (Å²) in [5, 5.41) is 0. The van der Waals surface area contributed by atoms with Crippen molar-refractivity contribution in [1.29, 1.82) is 0 Å². The summed E-state index contributed by atoms with van der Waals surface area (Å²) >= 11 is 0. The number of fused-ring (bicyclic) bond motifs is 1. The normalized spacial score (nSPS) is 21.8. The lowest BCUT2D eigenvalue weighted by Crippen LogP contribution is -2.28. The molecule has 3 nitrogen and oxygen atoms in total. The number of carbonyl (C=O) groups is 2. The number of hydrogen-bond acceptors (Lipinski definition) is 3. The molecule has 2 aliphatic rings. The van der Waals surface area contributed by atoms with Crippen LogP contribution in [0.3, 0.4) is 0 Å². The van der Waals surface area contributed by atoms with Crippen LogP contribution in [0.5, 0.6) is 5.75 Å². The van der Waals surface area contributed by atoms with E-state index in [4.69, 9.17) is 4.74 Å². The maximum atomic E-state index is 11.9. The third kappa shape index (κ3) is 1.89. The first-order valence-electron chi connectivity index (χ1n) is 6.97. The van der Waals surface area contributed by atoms with Gasteiger partial charge in [-0.1, -0.05) is 12.1 Å². The Labute approximate surface area is 118 Å². The molecule has 0 bridgehead atoms. The molecule has 1 fully saturated rings. The van der Waals surface area contributed by atoms with Gasteiger partial charge < -0.3 is 4.74 Å². The molecule has 0 aromatic heterocycles. The molecule has 3 heteroatoms. The summed E-state index contributed by atoms with van der Waals surface area (Å²) < 4.78 is 5.20. The molecule has 2 aliphatic carbocycles. The number of methoxy groups -OCH3 is 1. The van der Waals surface area contributed by atoms with Crippen LogP contribution in [-0.4, -0.2) is 18.7 Å². The van der Waals surface area contributed by atoms with Crippen LogP contribution in [0.4, 0.5) is 0 Å². The minimum absolute atomic E-state index is 0.0913. The van der Waals surface area contributed by atoms with E-state index in [9.17, 15) is 9.59 Å². The molecule has 1 saturated carbocycles. The smallest absolute Gasteiger partial charge is 0.146 e. The summed E-state index contributed by atoms with van der Waals surface area (Å²) in [5.41, 5.74) is 2.93. The zero-order valence-electron chi connectivity index (χ0n) is 11.9. The molecule has 0 amide bonds. The number of hydrogen-bond donors (Lipinski definition) is 0. The van der Waals surface area contributed by atoms with Crippen molar-refractivity contribution in [3.05, 3.63) is 35.4 Å². The Kier molecular flexibility index (Phi) is 3.00. The van der Waals surface area contributed by atoms with Gasteiger partial charge in [0.25, 0.3) is 0 Å². The van der Waals surface area contributed by atoms with E-state index in [0.717, 1.165) is 12.2 Å². The quantitative estimate of drug-likeness (QED) is 0.793. The van der Waals surface area contributed by atoms with Crippen molar-refractivity contribution in [3.63, 3.8) is 0 Å². The summed E-state index contributed by atoms with van der Waals surface area (Å²) in [6, 6.07) is 6.03. The summed E-state index contributed by atoms with van der Waals surface area (Å²) in [6.07, 6.45) is 4.31. The zero-order chi connectivity index (χ0) is 14.3. The third-order valence-corrected chi connectivity index (χ3v) is 4.61. The van der Waals surface area contributed by atoms with E-state index in [1.54, 1.807) is 14.0 Å². The Bertz CT molecular complexity index is 609. The number of ether oxygens (including phenoxy) is 1. The molecule has 0 atom stereocenters. The van der Waals surface area contributed by atoms with Crippen LogP contribution in [0.1, 0.15) is 37.3 Å². The minimum atomic E-state index is -0.783. The molecule has 0 spiro atoms. The highest BCUT2D eigenvalue weighted by molar-refractivity contribution is 6.12. The molecule has 0 aliphatic heterocycles. The fraction of sp³-hybridized carbons (Fsp3) is 0.412. The van der Waals surface area contributed by atoms with Gasteiger partial charge in [-0.25, -0.2) is 0 Å². The predicted octanol–water partition coefficient (Wildman–Crippen LogP) is 2.96. The van der Waals surface area contributed by atoms with Crippen LogP contribution in [0, 0.1) is 5.41 Å². The molecule has 1 aromatic carbocycles. The van der Waals surface area contributed by atoms with Crippen molar-refractivity contribution in [2.75, 3.05) is 7.11 Å². The fourth-order valence-electron chi connectivity index (χ4n) is 3.02. The van der Waals surface area contributed by atoms with Gasteiger partial charge in [0.1, 0.15) is 17.3 Å². The molecular formula is C17H18O3. The molecule has 0 radical (unpaired) electrons. The topological polar surface area (TPSA) is 43.4 Å². The number of ketones is 2. The molecule has 0 heterocycles. The Morgan fingerprint density at radius 1 is 1.25 bits per heavy atom. The van der Waals surface area contributed by atoms with Gasteiger partial charge in [-0.15, -0.1) is 0 Å². The number of carbonyl (C=O) groups excluding carboxylic acids is 2. The van der Waals surface area contributed by atoms with Gasteiger partial charge in [0, 0.05) is 12.8 Å². The van der Waals surface area contributed by atoms with Crippen molar-refractivity contribution in [1.82, 2.24) is 0 Å². The van der Waals surface area contributed by atoms with Crippen LogP contribution in [0.15, 0.2) is 24.3 Å². The molecule has 3 rings (SSSR count). The lowest BCUT2D eigenvalue weighted by atomic mass is 9.78. The maximum Gasteiger partial charge on any atom is 0.146 e. The lowest BCUT2D eigenvalue weighted by molar-refractivity contribution is -0.133. The van der Waals surface area contributed by atoms with Crippen LogP contribution >= 0.6 is 0 Å². The van der Waals surface area contributed by atoms with E-state index in [2.05, 4.69) is 6.08 Å². The van der Waals surface area contributed by atoms with Crippen molar-refractivity contribution >= 4 is 17.1 Å². The summed E-state index contributed by atoms with van der Waals surface area (Å²) in [7, 11) is 1.66. The molecule has 0 unspecified atom stereocenters. The summed E-state index contributed by atoms with van der Waals surface area (Å²) in [4.78, 5) is 23.8. The van der Waals surface area contributed by atoms with E-state index in [1.165, 1.54) is 16.7 Å². The highest BCUT2D eigenvalue weighted by atomic mass is 16.5. The van der Waals surface area contributed by atoms with Crippen LogP contribution in [-0.2, 0) is 16.0 Å². The molecule has 1 aromatic rings. The number of allylic oxidation sites excluding steroid dienone is 2. The van der Waals surface area contributed by atoms with Gasteiger partial charge in [-0.3, -0.25) is 9.59 Å². The average Bonchev–Trinajstić information content (AvgIpc) is 2.67. The second-order valence-electron chi connectivity index (χ2n) is 5.81. The number of Topliss-reactive ketones (excluding diaryl/α,β-unsaturated/α-hetero) is 2. The van der Waals surface area contributed by atoms with Crippen molar-refractivity contribution < 1.29 is 14.3 Å². The van der Waals surface area contributed by atoms with Gasteiger partial charge in [0.05, 0.1) is 12.5 Å². The van der Waals surface area contributed by atoms with Gasteiger partial charge in [0.2, 0.25) is 0 Å². The first-order chi connectivity index (χ1) is 9.54. The standard InChI is InChI=1S/C17H18O3/c1-17(15(18)5-6-16(17)19)8-7-11-9-12-10-13(20-2)3-4-14(11)12/h3-4,7,10H,5-6,8-9H2,1-2H3/b11-7+. The van der Waals surface area contributed by atoms with E-state index >= 15 is 0 Å². The monoisotopic (exact) mass is 270 g/mol. The van der Waals surface area contributed by atoms with Crippen LogP contribution < -0.4 is 4.74 Å². The van der Waals surface area contributed by atoms with Gasteiger partial charge in [-0.2, -0.15) is 0 Å². The van der Waals surface area contributed by atoms with E-state index < -0.39 is 5.41 Å². The molecule has 20 heavy (non-hydrogen) atoms. The van der Waals surface area contributed by atoms with Crippen molar-refractivity contribution in [3.8, 4) is 5.75 Å². The fourth-order valence-corrected chi connectivity index (χ4v) is 3.02. The van der Waals surface area contributed by atoms with Crippen molar-refractivity contribution in [2.45, 2.75) is 32.6 Å². The van der Waals surface area contributed by atoms with E-state index in [0.29, 0.717) is 19.3 Å². The zero-order valence-corrected chi connectivity index (χ0v) is 11.9. The van der Waals surface area contributed by atoms with Crippen LogP contribution in [0.25, 0.3) is 5.57 Å². The number of rotatable bonds is 3. The maximum absolute atomic E-state index is 11.9. The largest absolute Gasteiger partial charge is 0.497 e. The molecule has 0 saturated heterocycles. The minimum Gasteiger partial charge on any atom is -0.497 e. The first-order valence-corrected chi connectivity index (χ1v) is 6.97. The molecular weight excluding hydrogens is 252 g/mol. The Morgan fingerprint density at radius 2 is 1.95 bits per heavy atom. The summed E-state index contributed by atoms with van der Waals surface area (Å²) in [5.74, 6) is 1.05. The predicted molar refractivity (Wildman–Crippen MR) is 76.6 cm³/mol. The number of benzene rings is 1. The average molecular weight is 270 g/mol. The molecule has 0 N–H and O–H groups in total. The van der Waals surface area contributed by atoms with Gasteiger partial charge >= 0.3 is 0 Å². The SMILES string of the molecule is COc1ccc2c(c1)C/C2=C\CC1(C)C(=O)CCC1=O. The van der Waals surface area contributed by atoms with Gasteiger partial charge in [-0.05, 0) is 48.6 Å².